The molecule has 0 atom stereocenters. The number of thiophene rings is 2. The predicted octanol–water partition coefficient (Wildman–Crippen LogP) is 14.7. The van der Waals surface area contributed by atoms with Crippen molar-refractivity contribution >= 4 is 73.8 Å². The van der Waals surface area contributed by atoms with Crippen LogP contribution in [0.4, 0.5) is 0 Å². The molecule has 11 aromatic rings. The van der Waals surface area contributed by atoms with Crippen LogP contribution in [0.3, 0.4) is 0 Å². The van der Waals surface area contributed by atoms with Gasteiger partial charge in [-0.15, -0.1) is 22.7 Å². The Bertz CT molecular complexity index is 3090. The van der Waals surface area contributed by atoms with Gasteiger partial charge in [0, 0.05) is 57.0 Å². The molecule has 252 valence electrons. The molecule has 0 unspecified atom stereocenters. The number of hydrogen-bond donors (Lipinski definition) is 0. The summed E-state index contributed by atoms with van der Waals surface area (Å²) in [6.45, 7) is 0. The first-order valence-corrected chi connectivity index (χ1v) is 19.8. The summed E-state index contributed by atoms with van der Waals surface area (Å²) >= 11 is 3.70. The van der Waals surface area contributed by atoms with Gasteiger partial charge in [-0.05, 0) is 93.7 Å². The lowest BCUT2D eigenvalue weighted by Crippen LogP contribution is -1.97. The van der Waals surface area contributed by atoms with Crippen LogP contribution in [0.25, 0.3) is 107 Å². The average Bonchev–Trinajstić information content (AvgIpc) is 3.81. The molecule has 0 fully saturated rings. The third-order valence-electron chi connectivity index (χ3n) is 10.5. The van der Waals surface area contributed by atoms with Gasteiger partial charge in [0.05, 0.1) is 11.4 Å². The van der Waals surface area contributed by atoms with Crippen LogP contribution in [0.5, 0.6) is 0 Å². The monoisotopic (exact) mass is 722 g/mol. The number of nitrogens with zero attached hydrogens (tertiary/aromatic N) is 2. The van der Waals surface area contributed by atoms with E-state index in [2.05, 4.69) is 176 Å². The van der Waals surface area contributed by atoms with Gasteiger partial charge in [-0.1, -0.05) is 121 Å². The first-order valence-electron chi connectivity index (χ1n) is 18.1. The van der Waals surface area contributed by atoms with E-state index in [1.54, 1.807) is 0 Å². The van der Waals surface area contributed by atoms with Gasteiger partial charge >= 0.3 is 0 Å². The molecule has 11 rings (SSSR count). The summed E-state index contributed by atoms with van der Waals surface area (Å²) in [5.74, 6) is 0.709. The molecule has 0 aliphatic rings. The van der Waals surface area contributed by atoms with Gasteiger partial charge in [0.25, 0.3) is 0 Å². The standard InChI is InChI=1S/C50H30N2S2/c1-2-12-32(13-3-1)50-51-44(30-45(52-50)39-18-10-14-31-11-4-5-15-38(31)39)37-26-35(33-21-23-48-42(28-33)40-16-6-8-19-46(40)53-48)25-36(27-37)34-22-24-49-43(29-34)41-17-7-9-20-47(41)54-49/h1-30H. The fourth-order valence-electron chi connectivity index (χ4n) is 7.82. The highest BCUT2D eigenvalue weighted by molar-refractivity contribution is 7.26. The molecule has 0 aliphatic carbocycles. The topological polar surface area (TPSA) is 25.8 Å². The second-order valence-electron chi connectivity index (χ2n) is 13.8. The van der Waals surface area contributed by atoms with Crippen LogP contribution in [0, 0.1) is 0 Å². The van der Waals surface area contributed by atoms with Crippen molar-refractivity contribution < 1.29 is 0 Å². The van der Waals surface area contributed by atoms with Crippen molar-refractivity contribution in [2.24, 2.45) is 0 Å². The molecular formula is C50H30N2S2. The van der Waals surface area contributed by atoms with Gasteiger partial charge < -0.3 is 0 Å². The number of benzene rings is 8. The lowest BCUT2D eigenvalue weighted by atomic mass is 9.93. The zero-order valence-corrected chi connectivity index (χ0v) is 30.7. The molecule has 0 bridgehead atoms. The molecule has 3 heterocycles. The first kappa shape index (κ1) is 31.1. The van der Waals surface area contributed by atoms with Crippen molar-refractivity contribution in [1.82, 2.24) is 9.97 Å². The minimum atomic E-state index is 0.709. The van der Waals surface area contributed by atoms with Crippen molar-refractivity contribution in [3.8, 4) is 56.2 Å². The normalized spacial score (nSPS) is 11.7. The maximum Gasteiger partial charge on any atom is 0.160 e. The molecule has 0 aliphatic heterocycles. The molecule has 0 saturated heterocycles. The summed E-state index contributed by atoms with van der Waals surface area (Å²) < 4.78 is 5.22. The molecule has 0 saturated carbocycles. The van der Waals surface area contributed by atoms with E-state index in [1.165, 1.54) is 62.2 Å². The highest BCUT2D eigenvalue weighted by atomic mass is 32.1. The highest BCUT2D eigenvalue weighted by Gasteiger charge is 2.16. The Kier molecular flexibility index (Phi) is 7.25. The summed E-state index contributed by atoms with van der Waals surface area (Å²) in [6, 6.07) is 65.7. The highest BCUT2D eigenvalue weighted by Crippen LogP contribution is 2.41. The van der Waals surface area contributed by atoms with Crippen molar-refractivity contribution in [3.05, 3.63) is 182 Å². The molecule has 54 heavy (non-hydrogen) atoms. The third-order valence-corrected chi connectivity index (χ3v) is 12.8. The van der Waals surface area contributed by atoms with Crippen molar-refractivity contribution in [3.63, 3.8) is 0 Å². The Balaban J connectivity index is 1.16. The number of hydrogen-bond acceptors (Lipinski definition) is 4. The second kappa shape index (κ2) is 12.6. The predicted molar refractivity (Wildman–Crippen MR) is 232 cm³/mol. The third kappa shape index (κ3) is 5.30. The van der Waals surface area contributed by atoms with Gasteiger partial charge in [0.15, 0.2) is 5.82 Å². The maximum absolute atomic E-state index is 5.31. The summed E-state index contributed by atoms with van der Waals surface area (Å²) in [4.78, 5) is 10.5. The van der Waals surface area contributed by atoms with E-state index in [-0.39, 0.29) is 0 Å². The van der Waals surface area contributed by atoms with Crippen LogP contribution in [0.1, 0.15) is 0 Å². The Labute approximate surface area is 320 Å². The van der Waals surface area contributed by atoms with Gasteiger partial charge in [0.2, 0.25) is 0 Å². The van der Waals surface area contributed by atoms with Gasteiger partial charge in [0.1, 0.15) is 0 Å². The van der Waals surface area contributed by atoms with E-state index < -0.39 is 0 Å². The molecule has 0 spiro atoms. The number of rotatable bonds is 5. The summed E-state index contributed by atoms with van der Waals surface area (Å²) in [5.41, 5.74) is 9.60. The van der Waals surface area contributed by atoms with Crippen LogP contribution in [-0.4, -0.2) is 9.97 Å². The molecule has 4 heteroatoms. The van der Waals surface area contributed by atoms with E-state index in [9.17, 15) is 0 Å². The Morgan fingerprint density at radius 1 is 0.296 bits per heavy atom. The zero-order chi connectivity index (χ0) is 35.6. The van der Waals surface area contributed by atoms with E-state index in [4.69, 9.17) is 9.97 Å². The SMILES string of the molecule is c1ccc(-c2nc(-c3cc(-c4ccc5sc6ccccc6c5c4)cc(-c4ccc5sc6ccccc6c5c4)c3)cc(-c3cccc4ccccc34)n2)cc1. The number of fused-ring (bicyclic) bond motifs is 7. The molecule has 3 aromatic heterocycles. The summed E-state index contributed by atoms with van der Waals surface area (Å²) in [7, 11) is 0. The smallest absolute Gasteiger partial charge is 0.160 e. The second-order valence-corrected chi connectivity index (χ2v) is 15.9. The van der Waals surface area contributed by atoms with Crippen molar-refractivity contribution in [2.45, 2.75) is 0 Å². The fraction of sp³-hybridized carbons (Fsp3) is 0. The van der Waals surface area contributed by atoms with Crippen LogP contribution >= 0.6 is 22.7 Å². The molecular weight excluding hydrogens is 693 g/mol. The Morgan fingerprint density at radius 3 is 1.48 bits per heavy atom. The van der Waals surface area contributed by atoms with E-state index in [0.29, 0.717) is 5.82 Å². The van der Waals surface area contributed by atoms with E-state index in [1.807, 2.05) is 28.7 Å². The fourth-order valence-corrected chi connectivity index (χ4v) is 9.99. The molecule has 8 aromatic carbocycles. The van der Waals surface area contributed by atoms with Crippen molar-refractivity contribution in [1.29, 1.82) is 0 Å². The van der Waals surface area contributed by atoms with Gasteiger partial charge in [-0.2, -0.15) is 0 Å². The van der Waals surface area contributed by atoms with E-state index >= 15 is 0 Å². The summed E-state index contributed by atoms with van der Waals surface area (Å²) in [6.07, 6.45) is 0. The van der Waals surface area contributed by atoms with Crippen LogP contribution < -0.4 is 0 Å². The quantitative estimate of drug-likeness (QED) is 0.177. The molecule has 0 amide bonds. The Morgan fingerprint density at radius 2 is 0.815 bits per heavy atom. The Hall–Kier alpha value is -6.46. The maximum atomic E-state index is 5.31. The minimum absolute atomic E-state index is 0.709. The summed E-state index contributed by atoms with van der Waals surface area (Å²) in [5, 5.41) is 7.54. The largest absolute Gasteiger partial charge is 0.228 e. The van der Waals surface area contributed by atoms with E-state index in [0.717, 1.165) is 39.2 Å². The molecule has 2 nitrogen and oxygen atoms in total. The van der Waals surface area contributed by atoms with Crippen LogP contribution in [0.2, 0.25) is 0 Å². The average molecular weight is 723 g/mol. The van der Waals surface area contributed by atoms with Gasteiger partial charge in [-0.25, -0.2) is 9.97 Å². The van der Waals surface area contributed by atoms with Crippen LogP contribution in [-0.2, 0) is 0 Å². The molecule has 0 radical (unpaired) electrons. The van der Waals surface area contributed by atoms with Crippen LogP contribution in [0.15, 0.2) is 182 Å². The van der Waals surface area contributed by atoms with Gasteiger partial charge in [-0.3, -0.25) is 0 Å². The molecule has 0 N–H and O–H groups in total. The first-order chi connectivity index (χ1) is 26.7. The lowest BCUT2D eigenvalue weighted by Gasteiger charge is -2.14. The van der Waals surface area contributed by atoms with Crippen molar-refractivity contribution in [2.75, 3.05) is 0 Å². The lowest BCUT2D eigenvalue weighted by molar-refractivity contribution is 1.18. The number of aromatic nitrogens is 2. The zero-order valence-electron chi connectivity index (χ0n) is 29.0. The minimum Gasteiger partial charge on any atom is -0.228 e.